The van der Waals surface area contributed by atoms with Crippen molar-refractivity contribution in [3.8, 4) is 0 Å². The van der Waals surface area contributed by atoms with Gasteiger partial charge in [0, 0.05) is 17.3 Å². The lowest BCUT2D eigenvalue weighted by Crippen LogP contribution is -2.60. The van der Waals surface area contributed by atoms with E-state index in [9.17, 15) is 4.79 Å². The summed E-state index contributed by atoms with van der Waals surface area (Å²) in [6.07, 6.45) is 3.10. The van der Waals surface area contributed by atoms with Gasteiger partial charge in [0.25, 0.3) is 0 Å². The molecule has 90 valence electrons. The molecule has 1 heterocycles. The molecule has 3 atom stereocenters. The maximum absolute atomic E-state index is 11.8. The summed E-state index contributed by atoms with van der Waals surface area (Å²) in [5.74, 6) is -0.0984. The maximum Gasteiger partial charge on any atom is 0.163 e. The van der Waals surface area contributed by atoms with Crippen LogP contribution in [0, 0.1) is 10.8 Å². The van der Waals surface area contributed by atoms with Crippen LogP contribution in [0.15, 0.2) is 0 Å². The Kier molecular flexibility index (Phi) is 1.81. The van der Waals surface area contributed by atoms with Crippen molar-refractivity contribution >= 4 is 5.78 Å². The predicted octanol–water partition coefficient (Wildman–Crippen LogP) is 2.29. The zero-order valence-corrected chi connectivity index (χ0v) is 10.5. The van der Waals surface area contributed by atoms with Crippen molar-refractivity contribution in [2.45, 2.75) is 65.0 Å². The molecule has 0 unspecified atom stereocenters. The van der Waals surface area contributed by atoms with Crippen LogP contribution in [0.25, 0.3) is 0 Å². The second-order valence-electron chi connectivity index (χ2n) is 6.51. The van der Waals surface area contributed by atoms with Gasteiger partial charge in [-0.2, -0.15) is 0 Å². The Morgan fingerprint density at radius 3 is 2.44 bits per heavy atom. The first-order chi connectivity index (χ1) is 7.29. The summed E-state index contributed by atoms with van der Waals surface area (Å²) in [7, 11) is 0. The van der Waals surface area contributed by atoms with Crippen LogP contribution in [-0.2, 0) is 14.3 Å². The number of ketones is 1. The minimum absolute atomic E-state index is 0.0442. The zero-order valence-electron chi connectivity index (χ0n) is 10.5. The highest BCUT2D eigenvalue weighted by atomic mass is 16.8. The van der Waals surface area contributed by atoms with Crippen LogP contribution < -0.4 is 0 Å². The van der Waals surface area contributed by atoms with Crippen LogP contribution >= 0.6 is 0 Å². The Bertz CT molecular complexity index is 358. The summed E-state index contributed by atoms with van der Waals surface area (Å²) in [4.78, 5) is 11.8. The van der Waals surface area contributed by atoms with Gasteiger partial charge in [-0.3, -0.25) is 4.79 Å². The van der Waals surface area contributed by atoms with E-state index < -0.39 is 5.79 Å². The fraction of sp³-hybridized carbons (Fsp3) is 0.923. The first kappa shape index (κ1) is 10.7. The van der Waals surface area contributed by atoms with Gasteiger partial charge in [0.05, 0.1) is 12.2 Å². The fourth-order valence-corrected chi connectivity index (χ4v) is 3.81. The summed E-state index contributed by atoms with van der Waals surface area (Å²) >= 11 is 0. The van der Waals surface area contributed by atoms with E-state index in [1.165, 1.54) is 0 Å². The molecule has 3 aliphatic rings. The molecule has 2 aliphatic carbocycles. The van der Waals surface area contributed by atoms with E-state index in [1.54, 1.807) is 0 Å². The van der Waals surface area contributed by atoms with Crippen LogP contribution in [0.3, 0.4) is 0 Å². The van der Waals surface area contributed by atoms with E-state index in [0.717, 1.165) is 12.8 Å². The van der Waals surface area contributed by atoms with Crippen molar-refractivity contribution in [2.24, 2.45) is 10.8 Å². The smallest absolute Gasteiger partial charge is 0.163 e. The van der Waals surface area contributed by atoms with Crippen molar-refractivity contribution in [1.29, 1.82) is 0 Å². The lowest BCUT2D eigenvalue weighted by atomic mass is 9.48. The van der Waals surface area contributed by atoms with Gasteiger partial charge in [-0.05, 0) is 26.7 Å². The van der Waals surface area contributed by atoms with Gasteiger partial charge in [0.15, 0.2) is 5.79 Å². The number of rotatable bonds is 0. The molecule has 0 aromatic carbocycles. The van der Waals surface area contributed by atoms with Crippen molar-refractivity contribution < 1.29 is 14.3 Å². The summed E-state index contributed by atoms with van der Waals surface area (Å²) in [5, 5.41) is 0. The van der Waals surface area contributed by atoms with E-state index in [2.05, 4.69) is 13.8 Å². The predicted molar refractivity (Wildman–Crippen MR) is 58.9 cm³/mol. The molecule has 0 radical (unpaired) electrons. The summed E-state index contributed by atoms with van der Waals surface area (Å²) in [6, 6.07) is 0. The van der Waals surface area contributed by atoms with Gasteiger partial charge in [-0.25, -0.2) is 0 Å². The highest BCUT2D eigenvalue weighted by Crippen LogP contribution is 2.65. The highest BCUT2D eigenvalue weighted by Gasteiger charge is 2.70. The van der Waals surface area contributed by atoms with Crippen LogP contribution in [0.5, 0.6) is 0 Å². The van der Waals surface area contributed by atoms with Crippen LogP contribution in [0.4, 0.5) is 0 Å². The van der Waals surface area contributed by atoms with Crippen molar-refractivity contribution in [3.05, 3.63) is 0 Å². The number of carbonyl (C=O) groups is 1. The SMILES string of the molecule is CC1(C)O[C@H]2CC[C@@]3(CC(=O)C3(C)C)[C@H]2O1. The van der Waals surface area contributed by atoms with Crippen molar-refractivity contribution in [1.82, 2.24) is 0 Å². The fourth-order valence-electron chi connectivity index (χ4n) is 3.81. The maximum atomic E-state index is 11.8. The minimum atomic E-state index is -0.475. The standard InChI is InChI=1S/C13H20O3/c1-11(2)9(14)7-13(11)6-5-8-10(13)16-12(3,4)15-8/h8,10H,5-7H2,1-4H3/t8-,10-,13+/m0/s1. The Labute approximate surface area is 96.5 Å². The normalized spacial score (nSPS) is 48.1. The first-order valence-corrected chi connectivity index (χ1v) is 6.17. The molecule has 16 heavy (non-hydrogen) atoms. The Morgan fingerprint density at radius 1 is 1.19 bits per heavy atom. The van der Waals surface area contributed by atoms with E-state index in [1.807, 2.05) is 13.8 Å². The monoisotopic (exact) mass is 224 g/mol. The summed E-state index contributed by atoms with van der Waals surface area (Å²) in [6.45, 7) is 8.06. The van der Waals surface area contributed by atoms with Crippen LogP contribution in [0.1, 0.15) is 47.0 Å². The number of hydrogen-bond acceptors (Lipinski definition) is 3. The quantitative estimate of drug-likeness (QED) is 0.633. The molecule has 0 amide bonds. The number of hydrogen-bond donors (Lipinski definition) is 0. The molecule has 3 nitrogen and oxygen atoms in total. The van der Waals surface area contributed by atoms with E-state index in [4.69, 9.17) is 9.47 Å². The van der Waals surface area contributed by atoms with Gasteiger partial charge < -0.3 is 9.47 Å². The molecule has 1 aliphatic heterocycles. The topological polar surface area (TPSA) is 35.5 Å². The van der Waals surface area contributed by atoms with Gasteiger partial charge in [0.2, 0.25) is 0 Å². The second kappa shape index (κ2) is 2.70. The lowest BCUT2D eigenvalue weighted by Gasteiger charge is -2.55. The zero-order chi connectivity index (χ0) is 11.8. The minimum Gasteiger partial charge on any atom is -0.345 e. The van der Waals surface area contributed by atoms with Crippen LogP contribution in [-0.4, -0.2) is 23.8 Å². The molecule has 3 fully saturated rings. The third-order valence-electron chi connectivity index (χ3n) is 5.02. The lowest BCUT2D eigenvalue weighted by molar-refractivity contribution is -0.199. The van der Waals surface area contributed by atoms with Crippen LogP contribution in [0.2, 0.25) is 0 Å². The van der Waals surface area contributed by atoms with Gasteiger partial charge in [-0.1, -0.05) is 13.8 Å². The van der Waals surface area contributed by atoms with Gasteiger partial charge >= 0.3 is 0 Å². The molecule has 3 heteroatoms. The van der Waals surface area contributed by atoms with Gasteiger partial charge in [-0.15, -0.1) is 0 Å². The average molecular weight is 224 g/mol. The number of ether oxygens (including phenoxy) is 2. The molecule has 1 saturated heterocycles. The molecular formula is C13H20O3. The third-order valence-corrected chi connectivity index (χ3v) is 5.02. The molecule has 0 aromatic rings. The molecule has 3 rings (SSSR count). The number of fused-ring (bicyclic) bond motifs is 2. The molecule has 2 saturated carbocycles. The number of carbonyl (C=O) groups excluding carboxylic acids is 1. The van der Waals surface area contributed by atoms with Crippen molar-refractivity contribution in [2.75, 3.05) is 0 Å². The molecule has 1 spiro atoms. The second-order valence-corrected chi connectivity index (χ2v) is 6.51. The summed E-state index contributed by atoms with van der Waals surface area (Å²) in [5.41, 5.74) is -0.182. The largest absolute Gasteiger partial charge is 0.345 e. The molecule has 0 N–H and O–H groups in total. The Hall–Kier alpha value is -0.410. The molecular weight excluding hydrogens is 204 g/mol. The van der Waals surface area contributed by atoms with E-state index in [0.29, 0.717) is 12.2 Å². The van der Waals surface area contributed by atoms with E-state index >= 15 is 0 Å². The summed E-state index contributed by atoms with van der Waals surface area (Å²) < 4.78 is 11.9. The Balaban J connectivity index is 1.93. The number of Topliss-reactive ketones (excluding diaryl/α,β-unsaturated/α-hetero) is 1. The van der Waals surface area contributed by atoms with Crippen molar-refractivity contribution in [3.63, 3.8) is 0 Å². The molecule has 0 bridgehead atoms. The average Bonchev–Trinajstić information content (AvgIpc) is 2.62. The third kappa shape index (κ3) is 1.04. The van der Waals surface area contributed by atoms with E-state index in [-0.39, 0.29) is 23.0 Å². The molecule has 0 aromatic heterocycles. The van der Waals surface area contributed by atoms with Gasteiger partial charge in [0.1, 0.15) is 5.78 Å². The Morgan fingerprint density at radius 2 is 1.88 bits per heavy atom. The highest BCUT2D eigenvalue weighted by molar-refractivity contribution is 5.92. The first-order valence-electron chi connectivity index (χ1n) is 6.17.